The molecule has 4 rings (SSSR count). The molecule has 0 unspecified atom stereocenters. The van der Waals surface area contributed by atoms with Crippen LogP contribution in [0.3, 0.4) is 0 Å². The summed E-state index contributed by atoms with van der Waals surface area (Å²) in [4.78, 5) is 30.8. The second-order valence-electron chi connectivity index (χ2n) is 6.65. The fourth-order valence-electron chi connectivity index (χ4n) is 2.93. The van der Waals surface area contributed by atoms with Gasteiger partial charge in [-0.2, -0.15) is 0 Å². The van der Waals surface area contributed by atoms with Crippen LogP contribution in [0.1, 0.15) is 42.4 Å². The Kier molecular flexibility index (Phi) is 6.12. The van der Waals surface area contributed by atoms with Crippen molar-refractivity contribution in [1.29, 1.82) is 0 Å². The first-order valence-corrected chi connectivity index (χ1v) is 12.1. The van der Waals surface area contributed by atoms with Crippen molar-refractivity contribution in [3.05, 3.63) is 33.6 Å². The van der Waals surface area contributed by atoms with Crippen molar-refractivity contribution in [2.45, 2.75) is 43.8 Å². The van der Waals surface area contributed by atoms with Gasteiger partial charge in [0.15, 0.2) is 22.7 Å². The molecule has 10 heteroatoms. The number of aryl methyl sites for hydroxylation is 1. The fraction of sp³-hybridized carbons (Fsp3) is 0.421. The molecule has 0 spiro atoms. The van der Waals surface area contributed by atoms with Crippen molar-refractivity contribution >= 4 is 46.2 Å². The molecule has 3 aromatic rings. The van der Waals surface area contributed by atoms with Gasteiger partial charge in [0, 0.05) is 17.1 Å². The van der Waals surface area contributed by atoms with Crippen LogP contribution in [0, 0.1) is 6.92 Å². The summed E-state index contributed by atoms with van der Waals surface area (Å²) in [5.41, 5.74) is 0.786. The third-order valence-corrected chi connectivity index (χ3v) is 7.25. The number of hydrogen-bond acceptors (Lipinski definition) is 9. The molecule has 0 aromatic carbocycles. The highest BCUT2D eigenvalue weighted by Gasteiger charge is 2.34. The Bertz CT molecular complexity index is 1010. The topological polar surface area (TPSA) is 87.0 Å². The molecule has 1 saturated carbocycles. The normalized spacial score (nSPS) is 14.7. The van der Waals surface area contributed by atoms with Gasteiger partial charge in [0.25, 0.3) is 0 Å². The van der Waals surface area contributed by atoms with E-state index in [4.69, 9.17) is 4.74 Å². The first-order chi connectivity index (χ1) is 14.1. The molecule has 0 aliphatic heterocycles. The molecule has 0 radical (unpaired) electrons. The van der Waals surface area contributed by atoms with Crippen LogP contribution in [-0.2, 0) is 14.3 Å². The smallest absolute Gasteiger partial charge is 0.323 e. The lowest BCUT2D eigenvalue weighted by atomic mass is 10.1. The number of carbonyl (C=O) groups excluding carboxylic acids is 2. The minimum atomic E-state index is -0.991. The van der Waals surface area contributed by atoms with Crippen LogP contribution < -0.4 is 0 Å². The van der Waals surface area contributed by atoms with E-state index in [2.05, 4.69) is 19.7 Å². The Morgan fingerprint density at radius 3 is 2.79 bits per heavy atom. The second kappa shape index (κ2) is 8.76. The second-order valence-corrected chi connectivity index (χ2v) is 9.43. The Morgan fingerprint density at radius 2 is 2.17 bits per heavy atom. The number of aromatic nitrogens is 4. The summed E-state index contributed by atoms with van der Waals surface area (Å²) >= 11 is 4.25. The third-order valence-electron chi connectivity index (χ3n) is 4.39. The van der Waals surface area contributed by atoms with E-state index < -0.39 is 11.9 Å². The molecule has 7 nitrogen and oxygen atoms in total. The maximum absolute atomic E-state index is 13.0. The minimum Gasteiger partial charge on any atom is -0.465 e. The van der Waals surface area contributed by atoms with Crippen LogP contribution in [0.5, 0.6) is 0 Å². The summed E-state index contributed by atoms with van der Waals surface area (Å²) in [6.07, 6.45) is 2.17. The zero-order valence-corrected chi connectivity index (χ0v) is 18.5. The number of Topliss-reactive ketones (excluding diaryl/α,β-unsaturated/α-hetero) is 1. The number of rotatable bonds is 9. The van der Waals surface area contributed by atoms with Gasteiger partial charge in [-0.25, -0.2) is 4.98 Å². The number of hydrogen-bond donors (Lipinski definition) is 0. The van der Waals surface area contributed by atoms with E-state index in [1.807, 2.05) is 29.8 Å². The zero-order valence-electron chi connectivity index (χ0n) is 16.0. The summed E-state index contributed by atoms with van der Waals surface area (Å²) in [6.45, 7) is 3.79. The first-order valence-electron chi connectivity index (χ1n) is 9.31. The fourth-order valence-corrected chi connectivity index (χ4v) is 5.45. The molecule has 3 aromatic heterocycles. The molecule has 1 aliphatic carbocycles. The van der Waals surface area contributed by atoms with Gasteiger partial charge in [-0.1, -0.05) is 17.8 Å². The van der Waals surface area contributed by atoms with Crippen molar-refractivity contribution < 1.29 is 14.3 Å². The van der Waals surface area contributed by atoms with Crippen LogP contribution >= 0.6 is 34.4 Å². The molecule has 0 saturated heterocycles. The summed E-state index contributed by atoms with van der Waals surface area (Å²) < 4.78 is 7.25. The number of thiazole rings is 1. The van der Waals surface area contributed by atoms with Crippen LogP contribution in [0.15, 0.2) is 28.0 Å². The van der Waals surface area contributed by atoms with Crippen LogP contribution in [0.4, 0.5) is 0 Å². The number of thioether (sulfide) groups is 1. The summed E-state index contributed by atoms with van der Waals surface area (Å²) in [6, 6.07) is 4.39. The maximum Gasteiger partial charge on any atom is 0.323 e. The molecular weight excluding hydrogens is 428 g/mol. The van der Waals surface area contributed by atoms with E-state index in [0.717, 1.165) is 29.2 Å². The van der Waals surface area contributed by atoms with E-state index in [0.29, 0.717) is 16.2 Å². The van der Waals surface area contributed by atoms with Crippen LogP contribution in [-0.4, -0.2) is 43.9 Å². The maximum atomic E-state index is 13.0. The SMILES string of the molecule is CCOC(=O)[C@@H](C(=O)CSc1nnc(-c2cccs2)n1C1CC1)c1nc(C)cs1. The van der Waals surface area contributed by atoms with Gasteiger partial charge in [0.2, 0.25) is 0 Å². The molecule has 3 heterocycles. The van der Waals surface area contributed by atoms with E-state index >= 15 is 0 Å². The Hall–Kier alpha value is -2.04. The lowest BCUT2D eigenvalue weighted by molar-refractivity contribution is -0.147. The first kappa shape index (κ1) is 20.2. The summed E-state index contributed by atoms with van der Waals surface area (Å²) in [5, 5.41) is 13.7. The highest BCUT2D eigenvalue weighted by molar-refractivity contribution is 7.99. The van der Waals surface area contributed by atoms with Crippen molar-refractivity contribution in [2.75, 3.05) is 12.4 Å². The molecule has 0 N–H and O–H groups in total. The number of ether oxygens (including phenoxy) is 1. The van der Waals surface area contributed by atoms with E-state index in [1.165, 1.54) is 23.1 Å². The largest absolute Gasteiger partial charge is 0.465 e. The minimum absolute atomic E-state index is 0.109. The number of nitrogens with zero attached hydrogens (tertiary/aromatic N) is 4. The lowest BCUT2D eigenvalue weighted by Gasteiger charge is -2.12. The molecule has 152 valence electrons. The standard InChI is InChI=1S/C19H20N4O3S3/c1-3-26-18(25)15(17-20-11(2)9-28-17)13(24)10-29-19-22-21-16(14-5-4-8-27-14)23(19)12-6-7-12/h4-5,8-9,12,15H,3,6-7,10H2,1-2H3/t15-/m0/s1. The highest BCUT2D eigenvalue weighted by Crippen LogP contribution is 2.42. The number of thiophene rings is 1. The predicted molar refractivity (Wildman–Crippen MR) is 114 cm³/mol. The average molecular weight is 449 g/mol. The lowest BCUT2D eigenvalue weighted by Crippen LogP contribution is -2.25. The molecule has 29 heavy (non-hydrogen) atoms. The van der Waals surface area contributed by atoms with E-state index in [1.54, 1.807) is 18.3 Å². The van der Waals surface area contributed by atoms with E-state index in [9.17, 15) is 9.59 Å². The Morgan fingerprint density at radius 1 is 1.34 bits per heavy atom. The van der Waals surface area contributed by atoms with Gasteiger partial charge in [0.1, 0.15) is 5.01 Å². The van der Waals surface area contributed by atoms with Crippen molar-refractivity contribution in [1.82, 2.24) is 19.7 Å². The highest BCUT2D eigenvalue weighted by atomic mass is 32.2. The Balaban J connectivity index is 1.53. The summed E-state index contributed by atoms with van der Waals surface area (Å²) in [5.74, 6) is -0.816. The van der Waals surface area contributed by atoms with Crippen LogP contribution in [0.25, 0.3) is 10.7 Å². The van der Waals surface area contributed by atoms with Gasteiger partial charge >= 0.3 is 5.97 Å². The quantitative estimate of drug-likeness (QED) is 0.276. The number of esters is 1. The monoisotopic (exact) mass is 448 g/mol. The van der Waals surface area contributed by atoms with E-state index in [-0.39, 0.29) is 18.1 Å². The molecule has 1 atom stereocenters. The van der Waals surface area contributed by atoms with Crippen LogP contribution in [0.2, 0.25) is 0 Å². The van der Waals surface area contributed by atoms with Crippen molar-refractivity contribution in [2.24, 2.45) is 0 Å². The summed E-state index contributed by atoms with van der Waals surface area (Å²) in [7, 11) is 0. The predicted octanol–water partition coefficient (Wildman–Crippen LogP) is 4.11. The van der Waals surface area contributed by atoms with Gasteiger partial charge in [-0.05, 0) is 38.1 Å². The van der Waals surface area contributed by atoms with Crippen molar-refractivity contribution in [3.63, 3.8) is 0 Å². The molecule has 1 fully saturated rings. The number of ketones is 1. The average Bonchev–Trinajstić information content (AvgIpc) is 3.09. The van der Waals surface area contributed by atoms with Gasteiger partial charge in [-0.15, -0.1) is 32.9 Å². The number of carbonyl (C=O) groups is 2. The molecule has 0 amide bonds. The molecular formula is C19H20N4O3S3. The van der Waals surface area contributed by atoms with Crippen molar-refractivity contribution in [3.8, 4) is 10.7 Å². The molecule has 0 bridgehead atoms. The molecule has 1 aliphatic rings. The zero-order chi connectivity index (χ0) is 20.4. The third kappa shape index (κ3) is 4.44. The van der Waals surface area contributed by atoms with Gasteiger partial charge in [0.05, 0.1) is 17.2 Å². The Labute approximate surface area is 180 Å². The van der Waals surface area contributed by atoms with Gasteiger partial charge < -0.3 is 4.74 Å². The van der Waals surface area contributed by atoms with Gasteiger partial charge in [-0.3, -0.25) is 14.2 Å².